The maximum Gasteiger partial charge on any atom is 0.307 e. The van der Waals surface area contributed by atoms with E-state index in [9.17, 15) is 4.79 Å². The number of carboxylic acid groups (broad SMARTS) is 1. The van der Waals surface area contributed by atoms with Gasteiger partial charge in [0, 0.05) is 16.3 Å². The number of hydrogen-bond acceptors (Lipinski definition) is 2. The predicted molar refractivity (Wildman–Crippen MR) is 83.7 cm³/mol. The van der Waals surface area contributed by atoms with E-state index < -0.39 is 5.97 Å². The number of aryl methyl sites for hydroxylation is 1. The van der Waals surface area contributed by atoms with Crippen LogP contribution in [0, 0.1) is 0 Å². The first kappa shape index (κ1) is 15.9. The summed E-state index contributed by atoms with van der Waals surface area (Å²) in [6.45, 7) is 3.93. The zero-order valence-corrected chi connectivity index (χ0v) is 13.4. The van der Waals surface area contributed by atoms with Gasteiger partial charge in [0.05, 0.1) is 22.8 Å². The zero-order chi connectivity index (χ0) is 15.6. The maximum absolute atomic E-state index is 11.1. The van der Waals surface area contributed by atoms with Crippen molar-refractivity contribution in [2.75, 3.05) is 0 Å². The number of halogens is 2. The van der Waals surface area contributed by atoms with Crippen LogP contribution in [-0.2, 0) is 24.1 Å². The number of aliphatic carboxylic acids is 1. The molecule has 0 bridgehead atoms. The molecule has 112 valence electrons. The lowest BCUT2D eigenvalue weighted by Gasteiger charge is -2.09. The van der Waals surface area contributed by atoms with Crippen molar-refractivity contribution in [1.29, 1.82) is 0 Å². The van der Waals surface area contributed by atoms with E-state index in [0.717, 1.165) is 17.0 Å². The summed E-state index contributed by atoms with van der Waals surface area (Å²) >= 11 is 12.2. The fraction of sp³-hybridized carbons (Fsp3) is 0.333. The van der Waals surface area contributed by atoms with E-state index >= 15 is 0 Å². The minimum absolute atomic E-state index is 0.0302. The number of rotatable bonds is 5. The van der Waals surface area contributed by atoms with E-state index in [1.807, 2.05) is 13.8 Å². The number of hydrogen-bond donors (Lipinski definition) is 1. The molecule has 0 unspecified atom stereocenters. The molecule has 0 aliphatic rings. The molecule has 1 aromatic carbocycles. The Morgan fingerprint density at radius 3 is 2.52 bits per heavy atom. The molecule has 0 spiro atoms. The summed E-state index contributed by atoms with van der Waals surface area (Å²) in [6, 6.07) is 5.19. The number of carbonyl (C=O) groups is 1. The molecular formula is C15H16Cl2N2O2. The molecule has 0 aliphatic carbocycles. The number of aromatic nitrogens is 2. The van der Waals surface area contributed by atoms with Crippen LogP contribution in [0.1, 0.15) is 30.8 Å². The molecule has 1 heterocycles. The van der Waals surface area contributed by atoms with Crippen molar-refractivity contribution in [1.82, 2.24) is 9.78 Å². The first-order valence-corrected chi connectivity index (χ1v) is 7.50. The Labute approximate surface area is 133 Å². The second kappa shape index (κ2) is 6.50. The Kier molecular flexibility index (Phi) is 4.91. The van der Waals surface area contributed by atoms with Gasteiger partial charge in [0.1, 0.15) is 0 Å². The summed E-state index contributed by atoms with van der Waals surface area (Å²) in [4.78, 5) is 11.1. The number of nitrogens with zero attached hydrogens (tertiary/aromatic N) is 2. The molecule has 0 fully saturated rings. The summed E-state index contributed by atoms with van der Waals surface area (Å²) in [6.07, 6.45) is 1.32. The van der Waals surface area contributed by atoms with Crippen LogP contribution in [0.4, 0.5) is 0 Å². The van der Waals surface area contributed by atoms with Gasteiger partial charge in [0.2, 0.25) is 0 Å². The van der Waals surface area contributed by atoms with Crippen molar-refractivity contribution in [3.05, 3.63) is 45.2 Å². The highest BCUT2D eigenvalue weighted by atomic mass is 35.5. The average molecular weight is 327 g/mol. The first-order valence-electron chi connectivity index (χ1n) is 6.74. The van der Waals surface area contributed by atoms with E-state index in [2.05, 4.69) is 5.10 Å². The summed E-state index contributed by atoms with van der Waals surface area (Å²) < 4.78 is 1.73. The summed E-state index contributed by atoms with van der Waals surface area (Å²) in [5.41, 5.74) is 3.15. The molecule has 4 nitrogen and oxygen atoms in total. The molecule has 0 saturated heterocycles. The van der Waals surface area contributed by atoms with Gasteiger partial charge in [-0.05, 0) is 31.0 Å². The Hall–Kier alpha value is -1.52. The van der Waals surface area contributed by atoms with Crippen LogP contribution in [0.5, 0.6) is 0 Å². The SMILES string of the molecule is CCc1nn(-c2ccc(Cl)cc2Cl)c(CC)c1CC(=O)O. The van der Waals surface area contributed by atoms with Crippen LogP contribution >= 0.6 is 23.2 Å². The Bertz CT molecular complexity index is 681. The topological polar surface area (TPSA) is 55.1 Å². The molecule has 0 atom stereocenters. The Morgan fingerprint density at radius 1 is 1.29 bits per heavy atom. The lowest BCUT2D eigenvalue weighted by molar-refractivity contribution is -0.136. The van der Waals surface area contributed by atoms with Crippen molar-refractivity contribution in [3.63, 3.8) is 0 Å². The molecule has 0 aliphatic heterocycles. The predicted octanol–water partition coefficient (Wildman–Crippen LogP) is 3.93. The van der Waals surface area contributed by atoms with Gasteiger partial charge in [-0.25, -0.2) is 4.68 Å². The Balaban J connectivity index is 2.63. The van der Waals surface area contributed by atoms with Crippen molar-refractivity contribution < 1.29 is 9.90 Å². The lowest BCUT2D eigenvalue weighted by atomic mass is 10.1. The molecule has 6 heteroatoms. The molecule has 21 heavy (non-hydrogen) atoms. The average Bonchev–Trinajstić information content (AvgIpc) is 2.75. The highest BCUT2D eigenvalue weighted by Gasteiger charge is 2.19. The van der Waals surface area contributed by atoms with Gasteiger partial charge in [-0.1, -0.05) is 37.0 Å². The number of carboxylic acids is 1. The van der Waals surface area contributed by atoms with Gasteiger partial charge >= 0.3 is 5.97 Å². The van der Waals surface area contributed by atoms with Crippen LogP contribution in [0.2, 0.25) is 10.0 Å². The van der Waals surface area contributed by atoms with Crippen LogP contribution in [0.15, 0.2) is 18.2 Å². The largest absolute Gasteiger partial charge is 0.481 e. The minimum Gasteiger partial charge on any atom is -0.481 e. The van der Waals surface area contributed by atoms with E-state index in [0.29, 0.717) is 28.6 Å². The fourth-order valence-electron chi connectivity index (χ4n) is 2.39. The summed E-state index contributed by atoms with van der Waals surface area (Å²) in [5.74, 6) is -0.860. The molecule has 2 rings (SSSR count). The third-order valence-corrected chi connectivity index (χ3v) is 3.85. The monoisotopic (exact) mass is 326 g/mol. The summed E-state index contributed by atoms with van der Waals surface area (Å²) in [5, 5.41) is 14.7. The molecule has 0 amide bonds. The first-order chi connectivity index (χ1) is 9.97. The number of benzene rings is 1. The van der Waals surface area contributed by atoms with Crippen molar-refractivity contribution in [2.45, 2.75) is 33.1 Å². The lowest BCUT2D eigenvalue weighted by Crippen LogP contribution is -2.06. The Morgan fingerprint density at radius 2 is 2.00 bits per heavy atom. The van der Waals surface area contributed by atoms with Crippen molar-refractivity contribution in [3.8, 4) is 5.69 Å². The smallest absolute Gasteiger partial charge is 0.307 e. The maximum atomic E-state index is 11.1. The zero-order valence-electron chi connectivity index (χ0n) is 11.9. The molecule has 1 N–H and O–H groups in total. The summed E-state index contributed by atoms with van der Waals surface area (Å²) in [7, 11) is 0. The van der Waals surface area contributed by atoms with E-state index in [-0.39, 0.29) is 6.42 Å². The van der Waals surface area contributed by atoms with Crippen molar-refractivity contribution in [2.24, 2.45) is 0 Å². The van der Waals surface area contributed by atoms with Crippen LogP contribution in [0.3, 0.4) is 0 Å². The van der Waals surface area contributed by atoms with Crippen molar-refractivity contribution >= 4 is 29.2 Å². The van der Waals surface area contributed by atoms with Crippen LogP contribution in [0.25, 0.3) is 5.69 Å². The molecule has 1 aromatic heterocycles. The van der Waals surface area contributed by atoms with E-state index in [1.54, 1.807) is 22.9 Å². The minimum atomic E-state index is -0.860. The van der Waals surface area contributed by atoms with Crippen LogP contribution < -0.4 is 0 Å². The van der Waals surface area contributed by atoms with Gasteiger partial charge in [-0.2, -0.15) is 5.10 Å². The molecular weight excluding hydrogens is 311 g/mol. The van der Waals surface area contributed by atoms with Gasteiger partial charge in [0.15, 0.2) is 0 Å². The third kappa shape index (κ3) is 3.22. The van der Waals surface area contributed by atoms with Gasteiger partial charge in [0.25, 0.3) is 0 Å². The van der Waals surface area contributed by atoms with Gasteiger partial charge in [-0.3, -0.25) is 4.79 Å². The normalized spacial score (nSPS) is 10.9. The quantitative estimate of drug-likeness (QED) is 0.905. The van der Waals surface area contributed by atoms with E-state index in [1.165, 1.54) is 0 Å². The standard InChI is InChI=1S/C15H16Cl2N2O2/c1-3-12-10(8-15(20)21)13(4-2)19(18-12)14-6-5-9(16)7-11(14)17/h5-7H,3-4,8H2,1-2H3,(H,20,21). The fourth-order valence-corrected chi connectivity index (χ4v) is 2.88. The second-order valence-corrected chi connectivity index (χ2v) is 5.50. The van der Waals surface area contributed by atoms with Gasteiger partial charge < -0.3 is 5.11 Å². The highest BCUT2D eigenvalue weighted by Crippen LogP contribution is 2.28. The highest BCUT2D eigenvalue weighted by molar-refractivity contribution is 6.35. The second-order valence-electron chi connectivity index (χ2n) is 4.66. The molecule has 0 saturated carbocycles. The van der Waals surface area contributed by atoms with Crippen LogP contribution in [-0.4, -0.2) is 20.9 Å². The molecule has 2 aromatic rings. The van der Waals surface area contributed by atoms with Gasteiger partial charge in [-0.15, -0.1) is 0 Å². The van der Waals surface area contributed by atoms with E-state index in [4.69, 9.17) is 28.3 Å². The molecule has 0 radical (unpaired) electrons. The third-order valence-electron chi connectivity index (χ3n) is 3.31.